The van der Waals surface area contributed by atoms with Crippen LogP contribution in [0, 0.1) is 18.6 Å². The minimum absolute atomic E-state index is 0.0548. The van der Waals surface area contributed by atoms with Crippen molar-refractivity contribution in [2.75, 3.05) is 41.8 Å². The third-order valence-corrected chi connectivity index (χ3v) is 6.65. The third kappa shape index (κ3) is 8.31. The van der Waals surface area contributed by atoms with Gasteiger partial charge in [0.25, 0.3) is 5.91 Å². The molecule has 0 bridgehead atoms. The van der Waals surface area contributed by atoms with Crippen LogP contribution in [0.4, 0.5) is 31.9 Å². The van der Waals surface area contributed by atoms with Gasteiger partial charge in [-0.25, -0.2) is 18.7 Å². The first-order valence-electron chi connectivity index (χ1n) is 14.0. The standard InChI is InChI=1S/C31H39F2N7O3/c1-18-8-7-9-21(14-18)26(19(2)36-20(3)43-31(4,5)6)38-29-24(32)16-23(27(34)41)28(39-29)37-22-15-25(33)30(35-17-22)40-10-12-42-13-11-40/h7-9,14-17,19,26,36H,3,10-13H2,1-2,4-6H3,(H2,34,41)(H2,37,38,39)/t19-,26-/m0/s1. The monoisotopic (exact) mass is 595 g/mol. The maximum Gasteiger partial charge on any atom is 0.252 e. The summed E-state index contributed by atoms with van der Waals surface area (Å²) in [5, 5.41) is 9.29. The second-order valence-corrected chi connectivity index (χ2v) is 11.4. The molecule has 2 atom stereocenters. The summed E-state index contributed by atoms with van der Waals surface area (Å²) in [7, 11) is 0. The molecule has 0 saturated carbocycles. The van der Waals surface area contributed by atoms with Crippen LogP contribution in [-0.4, -0.2) is 53.8 Å². The fourth-order valence-corrected chi connectivity index (χ4v) is 4.76. The Balaban J connectivity index is 1.65. The number of aryl methyl sites for hydroxylation is 1. The van der Waals surface area contributed by atoms with Crippen LogP contribution in [0.3, 0.4) is 0 Å². The lowest BCUT2D eigenvalue weighted by Gasteiger charge is -2.31. The number of pyridine rings is 2. The SMILES string of the molecule is C=C(N[C@@H](C)[C@H](Nc1nc(Nc2cnc(N3CCOCC3)c(F)c2)c(C(N)=O)cc1F)c1cccc(C)c1)OC(C)(C)C. The molecule has 1 fully saturated rings. The molecule has 0 unspecified atom stereocenters. The molecule has 4 rings (SSSR count). The van der Waals surface area contributed by atoms with Gasteiger partial charge >= 0.3 is 0 Å². The minimum atomic E-state index is -0.903. The summed E-state index contributed by atoms with van der Waals surface area (Å²) in [5.74, 6) is -1.91. The molecule has 1 aliphatic heterocycles. The van der Waals surface area contributed by atoms with E-state index in [9.17, 15) is 4.79 Å². The van der Waals surface area contributed by atoms with Crippen LogP contribution in [0.1, 0.15) is 55.2 Å². The quantitative estimate of drug-likeness (QED) is 0.222. The van der Waals surface area contributed by atoms with Gasteiger partial charge in [0, 0.05) is 19.2 Å². The molecule has 1 aliphatic rings. The fraction of sp³-hybridized carbons (Fsp3) is 0.387. The van der Waals surface area contributed by atoms with Crippen molar-refractivity contribution in [3.8, 4) is 0 Å². The molecular formula is C31H39F2N7O3. The van der Waals surface area contributed by atoms with Crippen molar-refractivity contribution in [2.45, 2.75) is 52.3 Å². The Labute approximate surface area is 250 Å². The third-order valence-electron chi connectivity index (χ3n) is 6.65. The molecule has 230 valence electrons. The highest BCUT2D eigenvalue weighted by Crippen LogP contribution is 2.30. The van der Waals surface area contributed by atoms with Crippen LogP contribution < -0.4 is 26.6 Å². The van der Waals surface area contributed by atoms with Crippen molar-refractivity contribution in [1.29, 1.82) is 0 Å². The van der Waals surface area contributed by atoms with Gasteiger partial charge in [-0.05, 0) is 52.8 Å². The number of halogens is 2. The Morgan fingerprint density at radius 3 is 2.49 bits per heavy atom. The first-order chi connectivity index (χ1) is 20.3. The van der Waals surface area contributed by atoms with Gasteiger partial charge in [0.1, 0.15) is 11.4 Å². The topological polar surface area (TPSA) is 127 Å². The summed E-state index contributed by atoms with van der Waals surface area (Å²) in [5.41, 5.74) is 6.95. The van der Waals surface area contributed by atoms with E-state index in [2.05, 4.69) is 32.5 Å². The van der Waals surface area contributed by atoms with Crippen LogP contribution in [0.5, 0.6) is 0 Å². The molecule has 0 aliphatic carbocycles. The van der Waals surface area contributed by atoms with E-state index in [1.165, 1.54) is 12.3 Å². The van der Waals surface area contributed by atoms with Crippen molar-refractivity contribution >= 4 is 29.0 Å². The predicted octanol–water partition coefficient (Wildman–Crippen LogP) is 5.16. The summed E-state index contributed by atoms with van der Waals surface area (Å²) >= 11 is 0. The molecule has 12 heteroatoms. The molecule has 1 saturated heterocycles. The number of benzene rings is 1. The Morgan fingerprint density at radius 2 is 1.86 bits per heavy atom. The van der Waals surface area contributed by atoms with E-state index in [0.29, 0.717) is 32.2 Å². The van der Waals surface area contributed by atoms with Crippen LogP contribution in [0.25, 0.3) is 0 Å². The first kappa shape index (κ1) is 31.5. The summed E-state index contributed by atoms with van der Waals surface area (Å²) in [6.07, 6.45) is 1.42. The van der Waals surface area contributed by atoms with Crippen molar-refractivity contribution in [2.24, 2.45) is 5.73 Å². The van der Waals surface area contributed by atoms with Crippen LogP contribution in [0.2, 0.25) is 0 Å². The minimum Gasteiger partial charge on any atom is -0.474 e. The second kappa shape index (κ2) is 13.2. The van der Waals surface area contributed by atoms with Gasteiger partial charge in [-0.3, -0.25) is 4.79 Å². The van der Waals surface area contributed by atoms with Crippen molar-refractivity contribution in [3.05, 3.63) is 83.4 Å². The number of morpholine rings is 1. The highest BCUT2D eigenvalue weighted by molar-refractivity contribution is 5.98. The van der Waals surface area contributed by atoms with Crippen molar-refractivity contribution < 1.29 is 23.0 Å². The zero-order chi connectivity index (χ0) is 31.3. The van der Waals surface area contributed by atoms with E-state index in [0.717, 1.165) is 17.2 Å². The Hall–Kier alpha value is -4.45. The van der Waals surface area contributed by atoms with Gasteiger partial charge in [-0.2, -0.15) is 0 Å². The Morgan fingerprint density at radius 1 is 1.14 bits per heavy atom. The number of hydrogen-bond donors (Lipinski definition) is 4. The number of hydrogen-bond acceptors (Lipinski definition) is 9. The number of nitrogens with one attached hydrogen (secondary N) is 3. The van der Waals surface area contributed by atoms with Crippen LogP contribution >= 0.6 is 0 Å². The van der Waals surface area contributed by atoms with Gasteiger partial charge in [-0.15, -0.1) is 0 Å². The molecule has 5 N–H and O–H groups in total. The summed E-state index contributed by atoms with van der Waals surface area (Å²) < 4.78 is 41.7. The van der Waals surface area contributed by atoms with E-state index >= 15 is 8.78 Å². The normalized spacial score (nSPS) is 14.9. The molecular weight excluding hydrogens is 556 g/mol. The maximum atomic E-state index is 15.4. The number of anilines is 4. The average Bonchev–Trinajstić information content (AvgIpc) is 2.92. The molecule has 0 radical (unpaired) electrons. The lowest BCUT2D eigenvalue weighted by atomic mass is 9.98. The highest BCUT2D eigenvalue weighted by Gasteiger charge is 2.25. The number of amides is 1. The number of rotatable bonds is 11. The Bertz CT molecular complexity index is 1470. The van der Waals surface area contributed by atoms with Gasteiger partial charge < -0.3 is 36.1 Å². The molecule has 1 aromatic carbocycles. The largest absolute Gasteiger partial charge is 0.474 e. The molecule has 0 spiro atoms. The lowest BCUT2D eigenvalue weighted by Crippen LogP contribution is -2.38. The number of nitrogens with zero attached hydrogens (tertiary/aromatic N) is 3. The fourth-order valence-electron chi connectivity index (χ4n) is 4.76. The van der Waals surface area contributed by atoms with E-state index in [1.807, 2.05) is 58.9 Å². The molecule has 3 aromatic rings. The zero-order valence-electron chi connectivity index (χ0n) is 25.1. The van der Waals surface area contributed by atoms with Gasteiger partial charge in [0.05, 0.1) is 42.7 Å². The number of aromatic nitrogens is 2. The van der Waals surface area contributed by atoms with Crippen molar-refractivity contribution in [3.63, 3.8) is 0 Å². The molecule has 2 aromatic heterocycles. The number of carbonyl (C=O) groups is 1. The zero-order valence-corrected chi connectivity index (χ0v) is 25.1. The van der Waals surface area contributed by atoms with E-state index < -0.39 is 29.2 Å². The van der Waals surface area contributed by atoms with Gasteiger partial charge in [-0.1, -0.05) is 29.8 Å². The summed E-state index contributed by atoms with van der Waals surface area (Å²) in [4.78, 5) is 22.7. The lowest BCUT2D eigenvalue weighted by molar-refractivity contribution is 0.0383. The van der Waals surface area contributed by atoms with Crippen LogP contribution in [-0.2, 0) is 9.47 Å². The maximum absolute atomic E-state index is 15.4. The second-order valence-electron chi connectivity index (χ2n) is 11.4. The molecule has 3 heterocycles. The van der Waals surface area contributed by atoms with Crippen molar-refractivity contribution in [1.82, 2.24) is 15.3 Å². The van der Waals surface area contributed by atoms with Crippen LogP contribution in [0.15, 0.2) is 55.1 Å². The first-order valence-corrected chi connectivity index (χ1v) is 14.0. The average molecular weight is 596 g/mol. The molecule has 1 amide bonds. The van der Waals surface area contributed by atoms with E-state index in [-0.39, 0.29) is 34.7 Å². The van der Waals surface area contributed by atoms with Gasteiger partial charge in [0.15, 0.2) is 29.2 Å². The van der Waals surface area contributed by atoms with E-state index in [4.69, 9.17) is 15.2 Å². The van der Waals surface area contributed by atoms with E-state index in [1.54, 1.807) is 4.90 Å². The molecule has 43 heavy (non-hydrogen) atoms. The number of ether oxygens (including phenoxy) is 2. The number of nitrogens with two attached hydrogens (primary N) is 1. The molecule has 10 nitrogen and oxygen atoms in total. The summed E-state index contributed by atoms with van der Waals surface area (Å²) in [6, 6.07) is 9.12. The van der Waals surface area contributed by atoms with Gasteiger partial charge in [0.2, 0.25) is 0 Å². The summed E-state index contributed by atoms with van der Waals surface area (Å²) in [6.45, 7) is 15.6. The number of primary amides is 1. The Kier molecular flexibility index (Phi) is 9.70. The predicted molar refractivity (Wildman–Crippen MR) is 163 cm³/mol. The number of carbonyl (C=O) groups excluding carboxylic acids is 1. The highest BCUT2D eigenvalue weighted by atomic mass is 19.1. The smallest absolute Gasteiger partial charge is 0.252 e.